The predicted molar refractivity (Wildman–Crippen MR) is 121 cm³/mol. The van der Waals surface area contributed by atoms with Crippen LogP contribution in [0.2, 0.25) is 0 Å². The molecule has 1 aliphatic heterocycles. The van der Waals surface area contributed by atoms with E-state index in [1.165, 1.54) is 4.80 Å². The molecule has 1 fully saturated rings. The average Bonchev–Trinajstić information content (AvgIpc) is 3.28. The molecule has 0 unspecified atom stereocenters. The minimum absolute atomic E-state index is 0.0131. The fourth-order valence-corrected chi connectivity index (χ4v) is 4.01. The van der Waals surface area contributed by atoms with Crippen molar-refractivity contribution in [1.29, 1.82) is 0 Å². The molecular formula is C24H28N6O2. The van der Waals surface area contributed by atoms with Crippen LogP contribution in [0.1, 0.15) is 60.2 Å². The summed E-state index contributed by atoms with van der Waals surface area (Å²) in [6.45, 7) is 9.41. The molecule has 0 spiro atoms. The van der Waals surface area contributed by atoms with E-state index in [2.05, 4.69) is 29.3 Å². The summed E-state index contributed by atoms with van der Waals surface area (Å²) in [4.78, 5) is 31.2. The van der Waals surface area contributed by atoms with Crippen molar-refractivity contribution < 1.29 is 9.59 Å². The van der Waals surface area contributed by atoms with E-state index in [-0.39, 0.29) is 17.6 Å². The minimum atomic E-state index is -0.571. The molecule has 2 amide bonds. The smallest absolute Gasteiger partial charge is 0.296 e. The van der Waals surface area contributed by atoms with Gasteiger partial charge in [0.15, 0.2) is 0 Å². The third kappa shape index (κ3) is 4.26. The number of carbonyl (C=O) groups excluding carboxylic acids is 2. The highest BCUT2D eigenvalue weighted by atomic mass is 16.2. The van der Waals surface area contributed by atoms with E-state index in [1.54, 1.807) is 4.90 Å². The number of aromatic nitrogens is 4. The topological polar surface area (TPSA) is 84.2 Å². The van der Waals surface area contributed by atoms with Crippen LogP contribution in [0, 0.1) is 0 Å². The number of hydrogen-bond donors (Lipinski definition) is 0. The van der Waals surface area contributed by atoms with Gasteiger partial charge in [0.1, 0.15) is 0 Å². The first-order valence-electron chi connectivity index (χ1n) is 10.8. The van der Waals surface area contributed by atoms with Crippen molar-refractivity contribution in [3.63, 3.8) is 0 Å². The molecule has 0 N–H and O–H groups in total. The average molecular weight is 433 g/mol. The molecular weight excluding hydrogens is 404 g/mol. The van der Waals surface area contributed by atoms with Crippen molar-refractivity contribution in [2.24, 2.45) is 0 Å². The number of rotatable bonds is 4. The van der Waals surface area contributed by atoms with Crippen molar-refractivity contribution >= 4 is 11.8 Å². The summed E-state index contributed by atoms with van der Waals surface area (Å²) >= 11 is 0. The lowest BCUT2D eigenvalue weighted by Gasteiger charge is -2.46. The summed E-state index contributed by atoms with van der Waals surface area (Å²) in [7, 11) is 0. The van der Waals surface area contributed by atoms with E-state index in [1.807, 2.05) is 73.3 Å². The number of hydrogen-bond acceptors (Lipinski definition) is 5. The molecule has 1 saturated heterocycles. The second-order valence-corrected chi connectivity index (χ2v) is 9.01. The first-order chi connectivity index (χ1) is 15.3. The molecule has 2 heterocycles. The fourth-order valence-electron chi connectivity index (χ4n) is 4.01. The first-order valence-corrected chi connectivity index (χ1v) is 10.8. The second-order valence-electron chi connectivity index (χ2n) is 9.01. The van der Waals surface area contributed by atoms with E-state index in [9.17, 15) is 9.59 Å². The molecule has 0 bridgehead atoms. The lowest BCUT2D eigenvalue weighted by molar-refractivity contribution is 0.0160. The Balaban J connectivity index is 1.49. The Morgan fingerprint density at radius 1 is 0.969 bits per heavy atom. The molecule has 4 rings (SSSR count). The van der Waals surface area contributed by atoms with E-state index in [0.29, 0.717) is 31.1 Å². The van der Waals surface area contributed by atoms with E-state index < -0.39 is 5.54 Å². The largest absolute Gasteiger partial charge is 0.335 e. The van der Waals surface area contributed by atoms with Gasteiger partial charge in [0.05, 0.1) is 11.2 Å². The maximum absolute atomic E-state index is 13.2. The van der Waals surface area contributed by atoms with E-state index in [0.717, 1.165) is 11.3 Å². The standard InChI is InChI=1S/C24H28N6O2/c1-17(2)18-9-8-10-19(15-18)22(31)28-13-14-29(24(3,4)16-28)23(32)21-25-27-30(26-21)20-11-6-5-7-12-20/h5-12,15,17H,13-14,16H2,1-4H3. The van der Waals surface area contributed by atoms with Crippen LogP contribution in [0.25, 0.3) is 5.69 Å². The zero-order valence-corrected chi connectivity index (χ0v) is 18.9. The Hall–Kier alpha value is -3.55. The maximum atomic E-state index is 13.2. The van der Waals surface area contributed by atoms with Crippen molar-refractivity contribution in [2.75, 3.05) is 19.6 Å². The molecule has 2 aromatic carbocycles. The van der Waals surface area contributed by atoms with Gasteiger partial charge in [-0.25, -0.2) is 0 Å². The van der Waals surface area contributed by atoms with Crippen LogP contribution in [0.15, 0.2) is 54.6 Å². The monoisotopic (exact) mass is 432 g/mol. The molecule has 32 heavy (non-hydrogen) atoms. The molecule has 1 aliphatic rings. The molecule has 1 aromatic heterocycles. The highest BCUT2D eigenvalue weighted by molar-refractivity contribution is 5.95. The second kappa shape index (κ2) is 8.53. The van der Waals surface area contributed by atoms with E-state index >= 15 is 0 Å². The van der Waals surface area contributed by atoms with Crippen LogP contribution in [0.5, 0.6) is 0 Å². The van der Waals surface area contributed by atoms with Gasteiger partial charge in [0.25, 0.3) is 17.6 Å². The number of benzene rings is 2. The van der Waals surface area contributed by atoms with Gasteiger partial charge in [-0.05, 0) is 54.8 Å². The van der Waals surface area contributed by atoms with Gasteiger partial charge in [-0.2, -0.15) is 0 Å². The number of carbonyl (C=O) groups is 2. The zero-order valence-electron chi connectivity index (χ0n) is 18.9. The number of para-hydroxylation sites is 1. The fraction of sp³-hybridized carbons (Fsp3) is 0.375. The van der Waals surface area contributed by atoms with Crippen LogP contribution < -0.4 is 0 Å². The summed E-state index contributed by atoms with van der Waals surface area (Å²) in [5, 5.41) is 12.3. The van der Waals surface area contributed by atoms with Crippen molar-refractivity contribution in [3.8, 4) is 5.69 Å². The van der Waals surface area contributed by atoms with Gasteiger partial charge in [-0.3, -0.25) is 9.59 Å². The minimum Gasteiger partial charge on any atom is -0.335 e. The van der Waals surface area contributed by atoms with Gasteiger partial charge in [-0.1, -0.05) is 44.2 Å². The van der Waals surface area contributed by atoms with Gasteiger partial charge < -0.3 is 9.80 Å². The summed E-state index contributed by atoms with van der Waals surface area (Å²) in [6.07, 6.45) is 0. The molecule has 8 heteroatoms. The summed E-state index contributed by atoms with van der Waals surface area (Å²) in [5.74, 6) is 0.101. The number of nitrogens with zero attached hydrogens (tertiary/aromatic N) is 6. The Kier molecular flexibility index (Phi) is 5.78. The molecule has 0 saturated carbocycles. The van der Waals surface area contributed by atoms with Crippen LogP contribution in [-0.4, -0.2) is 67.0 Å². The highest BCUT2D eigenvalue weighted by Gasteiger charge is 2.40. The Morgan fingerprint density at radius 2 is 1.72 bits per heavy atom. The molecule has 0 atom stereocenters. The summed E-state index contributed by atoms with van der Waals surface area (Å²) < 4.78 is 0. The number of amides is 2. The lowest BCUT2D eigenvalue weighted by Crippen LogP contribution is -2.62. The summed E-state index contributed by atoms with van der Waals surface area (Å²) in [6, 6.07) is 17.1. The van der Waals surface area contributed by atoms with Gasteiger partial charge >= 0.3 is 0 Å². The van der Waals surface area contributed by atoms with Crippen LogP contribution >= 0.6 is 0 Å². The van der Waals surface area contributed by atoms with Gasteiger partial charge in [0, 0.05) is 25.2 Å². The van der Waals surface area contributed by atoms with Crippen molar-refractivity contribution in [2.45, 2.75) is 39.2 Å². The molecule has 166 valence electrons. The zero-order chi connectivity index (χ0) is 22.9. The van der Waals surface area contributed by atoms with Crippen LogP contribution in [0.4, 0.5) is 0 Å². The van der Waals surface area contributed by atoms with Gasteiger partial charge in [-0.15, -0.1) is 15.0 Å². The Labute approximate surface area is 187 Å². The van der Waals surface area contributed by atoms with Crippen LogP contribution in [-0.2, 0) is 0 Å². The first kappa shape index (κ1) is 21.7. The normalized spacial score (nSPS) is 15.8. The molecule has 3 aromatic rings. The molecule has 0 aliphatic carbocycles. The van der Waals surface area contributed by atoms with E-state index in [4.69, 9.17) is 0 Å². The predicted octanol–water partition coefficient (Wildman–Crippen LogP) is 3.16. The van der Waals surface area contributed by atoms with Gasteiger partial charge in [0.2, 0.25) is 0 Å². The van der Waals surface area contributed by atoms with Crippen LogP contribution in [0.3, 0.4) is 0 Å². The quantitative estimate of drug-likeness (QED) is 0.632. The molecule has 8 nitrogen and oxygen atoms in total. The van der Waals surface area contributed by atoms with Crippen molar-refractivity contribution in [3.05, 3.63) is 71.5 Å². The highest BCUT2D eigenvalue weighted by Crippen LogP contribution is 2.25. The summed E-state index contributed by atoms with van der Waals surface area (Å²) in [5.41, 5.74) is 1.98. The number of tetrazole rings is 1. The maximum Gasteiger partial charge on any atom is 0.296 e. The third-order valence-electron chi connectivity index (χ3n) is 5.83. The van der Waals surface area contributed by atoms with Crippen molar-refractivity contribution in [1.82, 2.24) is 30.0 Å². The number of piperazine rings is 1. The third-order valence-corrected chi connectivity index (χ3v) is 5.83. The SMILES string of the molecule is CC(C)c1cccc(C(=O)N2CCN(C(=O)c3nnn(-c4ccccc4)n3)C(C)(C)C2)c1. The lowest BCUT2D eigenvalue weighted by atomic mass is 9.96. The Bertz CT molecular complexity index is 1120. The molecule has 0 radical (unpaired) electrons. The Morgan fingerprint density at radius 3 is 2.41 bits per heavy atom.